The zero-order valence-electron chi connectivity index (χ0n) is 12.6. The molecule has 0 radical (unpaired) electrons. The average Bonchev–Trinajstić information content (AvgIpc) is 2.56. The Balaban J connectivity index is 1.87. The molecule has 0 atom stereocenters. The van der Waals surface area contributed by atoms with E-state index in [1.54, 1.807) is 0 Å². The molecule has 2 heterocycles. The van der Waals surface area contributed by atoms with Gasteiger partial charge in [-0.2, -0.15) is 11.8 Å². The maximum atomic E-state index is 12.6. The van der Waals surface area contributed by atoms with E-state index in [9.17, 15) is 4.79 Å². The molecule has 0 spiro atoms. The van der Waals surface area contributed by atoms with Crippen LogP contribution in [0, 0.1) is 6.92 Å². The Kier molecular flexibility index (Phi) is 4.63. The molecule has 1 amide bonds. The fourth-order valence-corrected chi connectivity index (χ4v) is 3.36. The first-order valence-electron chi connectivity index (χ1n) is 7.41. The SMILES string of the molecule is Cc1ccc(C(=O)Nc2ccccc2)c(N2CCSCC2)n1. The minimum Gasteiger partial charge on any atom is -0.354 e. The number of aromatic nitrogens is 1. The third kappa shape index (κ3) is 3.42. The highest BCUT2D eigenvalue weighted by atomic mass is 32.2. The molecular weight excluding hydrogens is 294 g/mol. The second kappa shape index (κ2) is 6.83. The summed E-state index contributed by atoms with van der Waals surface area (Å²) < 4.78 is 0. The molecule has 1 fully saturated rings. The van der Waals surface area contributed by atoms with Crippen molar-refractivity contribution in [3.05, 3.63) is 53.7 Å². The lowest BCUT2D eigenvalue weighted by Gasteiger charge is -2.29. The van der Waals surface area contributed by atoms with Crippen LogP contribution in [0.15, 0.2) is 42.5 Å². The quantitative estimate of drug-likeness (QED) is 0.945. The molecule has 3 rings (SSSR count). The van der Waals surface area contributed by atoms with Gasteiger partial charge in [0, 0.05) is 36.0 Å². The summed E-state index contributed by atoms with van der Waals surface area (Å²) in [4.78, 5) is 19.4. The van der Waals surface area contributed by atoms with Gasteiger partial charge in [-0.1, -0.05) is 18.2 Å². The highest BCUT2D eigenvalue weighted by molar-refractivity contribution is 7.99. The Hall–Kier alpha value is -2.01. The highest BCUT2D eigenvalue weighted by Gasteiger charge is 2.20. The van der Waals surface area contributed by atoms with Crippen molar-refractivity contribution in [2.24, 2.45) is 0 Å². The first kappa shape index (κ1) is 14.9. The van der Waals surface area contributed by atoms with E-state index in [0.29, 0.717) is 5.56 Å². The third-order valence-electron chi connectivity index (χ3n) is 3.60. The fourth-order valence-electron chi connectivity index (χ4n) is 2.46. The Morgan fingerprint density at radius 1 is 1.14 bits per heavy atom. The molecule has 1 aromatic heterocycles. The van der Waals surface area contributed by atoms with Gasteiger partial charge in [0.25, 0.3) is 5.91 Å². The van der Waals surface area contributed by atoms with E-state index in [1.165, 1.54) is 0 Å². The van der Waals surface area contributed by atoms with Gasteiger partial charge in [-0.05, 0) is 31.2 Å². The number of benzene rings is 1. The van der Waals surface area contributed by atoms with Crippen LogP contribution in [-0.4, -0.2) is 35.5 Å². The Bertz CT molecular complexity index is 654. The van der Waals surface area contributed by atoms with Crippen LogP contribution < -0.4 is 10.2 Å². The summed E-state index contributed by atoms with van der Waals surface area (Å²) >= 11 is 1.94. The molecule has 1 N–H and O–H groups in total. The molecule has 0 aliphatic carbocycles. The van der Waals surface area contributed by atoms with Gasteiger partial charge in [-0.25, -0.2) is 4.98 Å². The van der Waals surface area contributed by atoms with Crippen LogP contribution in [0.1, 0.15) is 16.1 Å². The Morgan fingerprint density at radius 3 is 2.59 bits per heavy atom. The van der Waals surface area contributed by atoms with Gasteiger partial charge in [0.05, 0.1) is 5.56 Å². The fraction of sp³-hybridized carbons (Fsp3) is 0.294. The van der Waals surface area contributed by atoms with Crippen LogP contribution in [0.4, 0.5) is 11.5 Å². The van der Waals surface area contributed by atoms with Crippen LogP contribution in [0.25, 0.3) is 0 Å². The molecule has 1 aliphatic heterocycles. The van der Waals surface area contributed by atoms with Gasteiger partial charge < -0.3 is 10.2 Å². The van der Waals surface area contributed by atoms with Gasteiger partial charge in [0.1, 0.15) is 5.82 Å². The number of thioether (sulfide) groups is 1. The van der Waals surface area contributed by atoms with E-state index in [2.05, 4.69) is 15.2 Å². The van der Waals surface area contributed by atoms with Gasteiger partial charge in [-0.3, -0.25) is 4.79 Å². The lowest BCUT2D eigenvalue weighted by atomic mass is 10.2. The number of amides is 1. The second-order valence-electron chi connectivity index (χ2n) is 5.24. The zero-order chi connectivity index (χ0) is 15.4. The number of aryl methyl sites for hydroxylation is 1. The van der Waals surface area contributed by atoms with Crippen LogP contribution in [0.3, 0.4) is 0 Å². The van der Waals surface area contributed by atoms with E-state index in [0.717, 1.165) is 41.8 Å². The van der Waals surface area contributed by atoms with Crippen molar-refractivity contribution >= 4 is 29.2 Å². The highest BCUT2D eigenvalue weighted by Crippen LogP contribution is 2.23. The minimum absolute atomic E-state index is 0.105. The third-order valence-corrected chi connectivity index (χ3v) is 4.54. The van der Waals surface area contributed by atoms with Crippen molar-refractivity contribution in [1.82, 2.24) is 4.98 Å². The van der Waals surface area contributed by atoms with E-state index >= 15 is 0 Å². The predicted molar refractivity (Wildman–Crippen MR) is 92.9 cm³/mol. The maximum absolute atomic E-state index is 12.6. The molecule has 2 aromatic rings. The number of rotatable bonds is 3. The predicted octanol–water partition coefficient (Wildman–Crippen LogP) is 3.20. The van der Waals surface area contributed by atoms with Crippen molar-refractivity contribution in [1.29, 1.82) is 0 Å². The summed E-state index contributed by atoms with van der Waals surface area (Å²) in [5.74, 6) is 2.85. The zero-order valence-corrected chi connectivity index (χ0v) is 13.4. The number of anilines is 2. The van der Waals surface area contributed by atoms with Crippen molar-refractivity contribution in [3.63, 3.8) is 0 Å². The lowest BCUT2D eigenvalue weighted by molar-refractivity contribution is 0.102. The van der Waals surface area contributed by atoms with Crippen LogP contribution >= 0.6 is 11.8 Å². The molecule has 0 unspecified atom stereocenters. The summed E-state index contributed by atoms with van der Waals surface area (Å²) in [5.41, 5.74) is 2.37. The summed E-state index contributed by atoms with van der Waals surface area (Å²) in [5, 5.41) is 2.95. The number of carbonyl (C=O) groups excluding carboxylic acids is 1. The Morgan fingerprint density at radius 2 is 1.86 bits per heavy atom. The molecule has 1 saturated heterocycles. The van der Waals surface area contributed by atoms with E-state index in [1.807, 2.05) is 61.2 Å². The van der Waals surface area contributed by atoms with Gasteiger partial charge in [0.15, 0.2) is 0 Å². The standard InChI is InChI=1S/C17H19N3OS/c1-13-7-8-15(16(18-13)20-9-11-22-12-10-20)17(21)19-14-5-3-2-4-6-14/h2-8H,9-12H2,1H3,(H,19,21). The van der Waals surface area contributed by atoms with E-state index < -0.39 is 0 Å². The first-order chi connectivity index (χ1) is 10.7. The first-order valence-corrected chi connectivity index (χ1v) is 8.56. The number of pyridine rings is 1. The number of hydrogen-bond donors (Lipinski definition) is 1. The number of hydrogen-bond acceptors (Lipinski definition) is 4. The molecule has 1 aliphatic rings. The number of carbonyl (C=O) groups is 1. The van der Waals surface area contributed by atoms with Gasteiger partial charge >= 0.3 is 0 Å². The second-order valence-corrected chi connectivity index (χ2v) is 6.47. The number of nitrogens with zero attached hydrogens (tertiary/aromatic N) is 2. The van der Waals surface area contributed by atoms with Crippen molar-refractivity contribution in [3.8, 4) is 0 Å². The van der Waals surface area contributed by atoms with Gasteiger partial charge in [0.2, 0.25) is 0 Å². The average molecular weight is 313 g/mol. The molecule has 22 heavy (non-hydrogen) atoms. The molecule has 114 valence electrons. The monoisotopic (exact) mass is 313 g/mol. The van der Waals surface area contributed by atoms with Crippen LogP contribution in [0.5, 0.6) is 0 Å². The van der Waals surface area contributed by atoms with Crippen LogP contribution in [-0.2, 0) is 0 Å². The molecule has 0 saturated carbocycles. The number of nitrogens with one attached hydrogen (secondary N) is 1. The summed E-state index contributed by atoms with van der Waals surface area (Å²) in [6.45, 7) is 3.83. The van der Waals surface area contributed by atoms with E-state index in [4.69, 9.17) is 0 Å². The molecular formula is C17H19N3OS. The van der Waals surface area contributed by atoms with Gasteiger partial charge in [-0.15, -0.1) is 0 Å². The van der Waals surface area contributed by atoms with Crippen molar-refractivity contribution < 1.29 is 4.79 Å². The smallest absolute Gasteiger partial charge is 0.259 e. The summed E-state index contributed by atoms with van der Waals surface area (Å²) in [6.07, 6.45) is 0. The molecule has 5 heteroatoms. The topological polar surface area (TPSA) is 45.2 Å². The minimum atomic E-state index is -0.105. The molecule has 0 bridgehead atoms. The molecule has 4 nitrogen and oxygen atoms in total. The largest absolute Gasteiger partial charge is 0.354 e. The van der Waals surface area contributed by atoms with Crippen LogP contribution in [0.2, 0.25) is 0 Å². The Labute approximate surface area is 134 Å². The van der Waals surface area contributed by atoms with E-state index in [-0.39, 0.29) is 5.91 Å². The molecule has 1 aromatic carbocycles. The van der Waals surface area contributed by atoms with Crippen molar-refractivity contribution in [2.45, 2.75) is 6.92 Å². The normalized spacial score (nSPS) is 14.7. The maximum Gasteiger partial charge on any atom is 0.259 e. The summed E-state index contributed by atoms with van der Waals surface area (Å²) in [7, 11) is 0. The lowest BCUT2D eigenvalue weighted by Crippen LogP contribution is -2.35. The summed E-state index contributed by atoms with van der Waals surface area (Å²) in [6, 6.07) is 13.3. The number of para-hydroxylation sites is 1. The van der Waals surface area contributed by atoms with Crippen molar-refractivity contribution in [2.75, 3.05) is 34.8 Å².